The number of rotatable bonds is 9. The number of hydrogen-bond donors (Lipinski definition) is 1. The zero-order valence-electron chi connectivity index (χ0n) is 17.2. The monoisotopic (exact) mass is 396 g/mol. The van der Waals surface area contributed by atoms with Crippen LogP contribution in [0.4, 0.5) is 0 Å². The number of nitrogens with zero attached hydrogens (tertiary/aromatic N) is 1. The van der Waals surface area contributed by atoms with Crippen molar-refractivity contribution in [2.45, 2.75) is 31.1 Å². The van der Waals surface area contributed by atoms with Gasteiger partial charge in [-0.05, 0) is 60.4 Å². The van der Waals surface area contributed by atoms with Crippen molar-refractivity contribution in [2.24, 2.45) is 5.92 Å². The molecule has 0 unspecified atom stereocenters. The molecule has 1 aliphatic rings. The number of allylic oxidation sites excluding steroid dienone is 1. The summed E-state index contributed by atoms with van der Waals surface area (Å²) in [7, 11) is 0. The molecule has 152 valence electrons. The standard InChI is InChI=1S/C27H28N2O/c30-26(29-19-8-7-10-22-11-9-18-28-21-22)17-16-25-20-27(25,23-12-3-1-4-13-23)24-14-5-2-6-15-24/h1-6,9,11-18,21,25H,7-8,10,19-20H2,(H,29,30)/t25-/m0/s1. The molecule has 0 bridgehead atoms. The molecular formula is C27H28N2O. The Morgan fingerprint density at radius 3 is 2.30 bits per heavy atom. The number of unbranched alkanes of at least 4 members (excludes halogenated alkanes) is 1. The Hall–Kier alpha value is -3.20. The number of aryl methyl sites for hydroxylation is 1. The smallest absolute Gasteiger partial charge is 0.243 e. The summed E-state index contributed by atoms with van der Waals surface area (Å²) in [5.74, 6) is 0.344. The number of benzene rings is 2. The molecule has 1 fully saturated rings. The summed E-state index contributed by atoms with van der Waals surface area (Å²) in [6.45, 7) is 0.705. The maximum Gasteiger partial charge on any atom is 0.243 e. The summed E-state index contributed by atoms with van der Waals surface area (Å²) >= 11 is 0. The normalized spacial score (nSPS) is 17.0. The van der Waals surface area contributed by atoms with E-state index in [0.717, 1.165) is 25.7 Å². The number of aromatic nitrogens is 1. The second-order valence-electron chi connectivity index (χ2n) is 7.98. The minimum Gasteiger partial charge on any atom is -0.353 e. The van der Waals surface area contributed by atoms with Gasteiger partial charge in [0.1, 0.15) is 0 Å². The van der Waals surface area contributed by atoms with E-state index >= 15 is 0 Å². The van der Waals surface area contributed by atoms with Crippen LogP contribution in [0.25, 0.3) is 0 Å². The van der Waals surface area contributed by atoms with Crippen molar-refractivity contribution in [1.82, 2.24) is 10.3 Å². The van der Waals surface area contributed by atoms with Crippen molar-refractivity contribution < 1.29 is 4.79 Å². The fraction of sp³-hybridized carbons (Fsp3) is 0.259. The van der Waals surface area contributed by atoms with E-state index in [0.29, 0.717) is 12.5 Å². The second kappa shape index (κ2) is 9.53. The second-order valence-corrected chi connectivity index (χ2v) is 7.98. The lowest BCUT2D eigenvalue weighted by atomic mass is 9.85. The van der Waals surface area contributed by atoms with Crippen molar-refractivity contribution in [3.05, 3.63) is 114 Å². The van der Waals surface area contributed by atoms with Gasteiger partial charge in [0.05, 0.1) is 0 Å². The Kier molecular flexibility index (Phi) is 6.38. The molecule has 3 aromatic rings. The van der Waals surface area contributed by atoms with E-state index in [9.17, 15) is 4.79 Å². The van der Waals surface area contributed by atoms with Gasteiger partial charge in [-0.1, -0.05) is 72.8 Å². The predicted molar refractivity (Wildman–Crippen MR) is 121 cm³/mol. The Morgan fingerprint density at radius 1 is 0.967 bits per heavy atom. The number of amides is 1. The zero-order chi connectivity index (χ0) is 20.7. The molecule has 1 heterocycles. The first kappa shape index (κ1) is 20.1. The van der Waals surface area contributed by atoms with Gasteiger partial charge in [-0.25, -0.2) is 0 Å². The molecule has 2 aromatic carbocycles. The fourth-order valence-electron chi connectivity index (χ4n) is 4.30. The van der Waals surface area contributed by atoms with Gasteiger partial charge in [-0.15, -0.1) is 0 Å². The molecular weight excluding hydrogens is 368 g/mol. The van der Waals surface area contributed by atoms with Gasteiger partial charge in [-0.2, -0.15) is 0 Å². The number of pyridine rings is 1. The molecule has 0 radical (unpaired) electrons. The van der Waals surface area contributed by atoms with Crippen LogP contribution in [0, 0.1) is 5.92 Å². The fourth-order valence-corrected chi connectivity index (χ4v) is 4.30. The topological polar surface area (TPSA) is 42.0 Å². The van der Waals surface area contributed by atoms with Crippen LogP contribution in [0.3, 0.4) is 0 Å². The third kappa shape index (κ3) is 4.68. The van der Waals surface area contributed by atoms with E-state index in [2.05, 4.69) is 83.1 Å². The molecule has 1 atom stereocenters. The van der Waals surface area contributed by atoms with E-state index < -0.39 is 0 Å². The lowest BCUT2D eigenvalue weighted by molar-refractivity contribution is -0.116. The van der Waals surface area contributed by atoms with Crippen molar-refractivity contribution in [1.29, 1.82) is 0 Å². The van der Waals surface area contributed by atoms with Crippen molar-refractivity contribution in [3.8, 4) is 0 Å². The third-order valence-electron chi connectivity index (χ3n) is 5.99. The predicted octanol–water partition coefficient (Wildman–Crippen LogP) is 5.08. The largest absolute Gasteiger partial charge is 0.353 e. The van der Waals surface area contributed by atoms with Crippen LogP contribution in [-0.2, 0) is 16.6 Å². The molecule has 1 saturated carbocycles. The molecule has 30 heavy (non-hydrogen) atoms. The van der Waals surface area contributed by atoms with Gasteiger partial charge in [0, 0.05) is 24.4 Å². The molecule has 1 aliphatic carbocycles. The van der Waals surface area contributed by atoms with Gasteiger partial charge in [0.15, 0.2) is 0 Å². The van der Waals surface area contributed by atoms with Gasteiger partial charge in [-0.3, -0.25) is 9.78 Å². The summed E-state index contributed by atoms with van der Waals surface area (Å²) in [5.41, 5.74) is 3.88. The molecule has 4 rings (SSSR count). The summed E-state index contributed by atoms with van der Waals surface area (Å²) in [4.78, 5) is 16.4. The van der Waals surface area contributed by atoms with Gasteiger partial charge >= 0.3 is 0 Å². The highest BCUT2D eigenvalue weighted by Crippen LogP contribution is 2.59. The van der Waals surface area contributed by atoms with E-state index in [-0.39, 0.29) is 11.3 Å². The number of carbonyl (C=O) groups excluding carboxylic acids is 1. The average molecular weight is 397 g/mol. The van der Waals surface area contributed by atoms with Crippen LogP contribution in [0.1, 0.15) is 36.0 Å². The summed E-state index contributed by atoms with van der Waals surface area (Å²) in [5, 5.41) is 3.02. The minimum absolute atomic E-state index is 0.00157. The Labute approximate surface area is 178 Å². The van der Waals surface area contributed by atoms with E-state index in [1.165, 1.54) is 16.7 Å². The first-order valence-electron chi connectivity index (χ1n) is 10.7. The van der Waals surface area contributed by atoms with Crippen LogP contribution in [0.2, 0.25) is 0 Å². The number of carbonyl (C=O) groups is 1. The first-order chi connectivity index (χ1) is 14.8. The lowest BCUT2D eigenvalue weighted by Gasteiger charge is -2.18. The zero-order valence-corrected chi connectivity index (χ0v) is 17.2. The van der Waals surface area contributed by atoms with Gasteiger partial charge in [0.25, 0.3) is 0 Å². The molecule has 1 N–H and O–H groups in total. The SMILES string of the molecule is O=C(C=C[C@H]1CC1(c1ccccc1)c1ccccc1)NCCCCc1cccnc1. The quantitative estimate of drug-likeness (QED) is 0.405. The number of hydrogen-bond acceptors (Lipinski definition) is 2. The van der Waals surface area contributed by atoms with Gasteiger partial charge < -0.3 is 5.32 Å². The van der Waals surface area contributed by atoms with Crippen molar-refractivity contribution in [2.75, 3.05) is 6.54 Å². The van der Waals surface area contributed by atoms with Crippen molar-refractivity contribution >= 4 is 5.91 Å². The molecule has 0 saturated heterocycles. The first-order valence-corrected chi connectivity index (χ1v) is 10.7. The maximum absolute atomic E-state index is 12.3. The highest BCUT2D eigenvalue weighted by Gasteiger charge is 2.54. The Bertz CT molecular complexity index is 928. The van der Waals surface area contributed by atoms with E-state index in [4.69, 9.17) is 0 Å². The Morgan fingerprint density at radius 2 is 1.67 bits per heavy atom. The van der Waals surface area contributed by atoms with E-state index in [1.807, 2.05) is 12.3 Å². The van der Waals surface area contributed by atoms with E-state index in [1.54, 1.807) is 12.3 Å². The molecule has 0 aliphatic heterocycles. The minimum atomic E-state index is -0.0109. The van der Waals surface area contributed by atoms with Crippen LogP contribution in [-0.4, -0.2) is 17.4 Å². The van der Waals surface area contributed by atoms with Crippen molar-refractivity contribution in [3.63, 3.8) is 0 Å². The molecule has 1 aromatic heterocycles. The molecule has 1 amide bonds. The Balaban J connectivity index is 1.30. The third-order valence-corrected chi connectivity index (χ3v) is 5.99. The average Bonchev–Trinajstić information content (AvgIpc) is 3.55. The van der Waals surface area contributed by atoms with Crippen LogP contribution in [0.15, 0.2) is 97.3 Å². The lowest BCUT2D eigenvalue weighted by Crippen LogP contribution is -2.22. The molecule has 3 nitrogen and oxygen atoms in total. The number of nitrogens with one attached hydrogen (secondary N) is 1. The molecule has 3 heteroatoms. The maximum atomic E-state index is 12.3. The highest BCUT2D eigenvalue weighted by atomic mass is 16.1. The van der Waals surface area contributed by atoms with Crippen LogP contribution in [0.5, 0.6) is 0 Å². The highest BCUT2D eigenvalue weighted by molar-refractivity contribution is 5.87. The summed E-state index contributed by atoms with van der Waals surface area (Å²) < 4.78 is 0. The van der Waals surface area contributed by atoms with Crippen LogP contribution < -0.4 is 5.32 Å². The summed E-state index contributed by atoms with van der Waals surface area (Å²) in [6.07, 6.45) is 11.6. The van der Waals surface area contributed by atoms with Gasteiger partial charge in [0.2, 0.25) is 5.91 Å². The molecule has 0 spiro atoms. The van der Waals surface area contributed by atoms with Crippen LogP contribution >= 0.6 is 0 Å². The summed E-state index contributed by atoms with van der Waals surface area (Å²) in [6, 6.07) is 25.3.